The van der Waals surface area contributed by atoms with Gasteiger partial charge in [0.2, 0.25) is 5.89 Å². The van der Waals surface area contributed by atoms with Crippen LogP contribution in [-0.2, 0) is 0 Å². The number of oxazole rings is 1. The van der Waals surface area contributed by atoms with Gasteiger partial charge in [0.05, 0.1) is 0 Å². The molecule has 0 aliphatic carbocycles. The minimum Gasteiger partial charge on any atom is -0.436 e. The number of carbonyl (C=O) groups excluding carboxylic acids is 1. The van der Waals surface area contributed by atoms with Gasteiger partial charge in [-0.3, -0.25) is 4.79 Å². The molecule has 3 rings (SSSR count). The lowest BCUT2D eigenvalue weighted by Gasteiger charge is -2.07. The first kappa shape index (κ1) is 14.5. The van der Waals surface area contributed by atoms with Gasteiger partial charge in [-0.25, -0.2) is 9.97 Å². The molecule has 6 heteroatoms. The zero-order valence-corrected chi connectivity index (χ0v) is 12.9. The number of hydrogen-bond acceptors (Lipinski definition) is 4. The lowest BCUT2D eigenvalue weighted by molar-refractivity contribution is 0.0943. The molecule has 0 fully saturated rings. The normalized spacial score (nSPS) is 11.1. The van der Waals surface area contributed by atoms with Crippen molar-refractivity contribution in [3.63, 3.8) is 0 Å². The zero-order chi connectivity index (χ0) is 15.7. The van der Waals surface area contributed by atoms with Gasteiger partial charge in [0, 0.05) is 23.4 Å². The maximum Gasteiger partial charge on any atom is 0.251 e. The third kappa shape index (κ3) is 2.94. The summed E-state index contributed by atoms with van der Waals surface area (Å²) >= 11 is 5.88. The summed E-state index contributed by atoms with van der Waals surface area (Å²) < 4.78 is 5.70. The van der Waals surface area contributed by atoms with Crippen LogP contribution in [-0.4, -0.2) is 21.9 Å². The second-order valence-electron chi connectivity index (χ2n) is 5.20. The highest BCUT2D eigenvalue weighted by molar-refractivity contribution is 6.29. The average molecular weight is 316 g/mol. The Morgan fingerprint density at radius 3 is 2.82 bits per heavy atom. The van der Waals surface area contributed by atoms with E-state index in [2.05, 4.69) is 15.3 Å². The number of hydrogen-bond donors (Lipinski definition) is 1. The second-order valence-corrected chi connectivity index (χ2v) is 5.58. The summed E-state index contributed by atoms with van der Waals surface area (Å²) in [6.07, 6.45) is 1.59. The predicted octanol–water partition coefficient (Wildman–Crippen LogP) is 3.68. The van der Waals surface area contributed by atoms with Crippen LogP contribution in [0.5, 0.6) is 0 Å². The highest BCUT2D eigenvalue weighted by Crippen LogP contribution is 2.25. The number of pyridine rings is 1. The Bertz CT molecular complexity index is 842. The Labute approximate surface area is 132 Å². The molecule has 0 bridgehead atoms. The Hall–Kier alpha value is -2.40. The van der Waals surface area contributed by atoms with E-state index < -0.39 is 0 Å². The Balaban J connectivity index is 1.98. The number of fused-ring (bicyclic) bond motifs is 1. The number of rotatable bonds is 3. The predicted molar refractivity (Wildman–Crippen MR) is 84.9 cm³/mol. The van der Waals surface area contributed by atoms with Crippen LogP contribution in [0.2, 0.25) is 5.15 Å². The average Bonchev–Trinajstić information content (AvgIpc) is 2.89. The van der Waals surface area contributed by atoms with Crippen molar-refractivity contribution in [3.8, 4) is 11.5 Å². The van der Waals surface area contributed by atoms with Crippen molar-refractivity contribution in [2.75, 3.05) is 0 Å². The highest BCUT2D eigenvalue weighted by Gasteiger charge is 2.12. The fourth-order valence-corrected chi connectivity index (χ4v) is 2.25. The van der Waals surface area contributed by atoms with Crippen LogP contribution in [0.15, 0.2) is 40.9 Å². The van der Waals surface area contributed by atoms with E-state index in [1.165, 1.54) is 0 Å². The van der Waals surface area contributed by atoms with Crippen LogP contribution in [0.25, 0.3) is 22.6 Å². The zero-order valence-electron chi connectivity index (χ0n) is 12.1. The van der Waals surface area contributed by atoms with E-state index in [4.69, 9.17) is 16.0 Å². The topological polar surface area (TPSA) is 68.0 Å². The first-order chi connectivity index (χ1) is 10.5. The maximum atomic E-state index is 12.0. The summed E-state index contributed by atoms with van der Waals surface area (Å²) in [6.45, 7) is 3.83. The minimum atomic E-state index is -0.131. The Morgan fingerprint density at radius 1 is 1.27 bits per heavy atom. The second kappa shape index (κ2) is 5.77. The molecular weight excluding hydrogens is 302 g/mol. The summed E-state index contributed by atoms with van der Waals surface area (Å²) in [7, 11) is 0. The van der Waals surface area contributed by atoms with Crippen molar-refractivity contribution in [2.24, 2.45) is 0 Å². The fraction of sp³-hybridized carbons (Fsp3) is 0.188. The molecule has 0 aliphatic heterocycles. The SMILES string of the molecule is CC(C)NC(=O)c1ccc2oc(-c3ccnc(Cl)c3)nc2c1. The van der Waals surface area contributed by atoms with Gasteiger partial charge in [-0.2, -0.15) is 0 Å². The van der Waals surface area contributed by atoms with Gasteiger partial charge in [-0.05, 0) is 44.2 Å². The number of benzene rings is 1. The molecule has 1 amide bonds. The number of amides is 1. The lowest BCUT2D eigenvalue weighted by Crippen LogP contribution is -2.29. The smallest absolute Gasteiger partial charge is 0.251 e. The van der Waals surface area contributed by atoms with Gasteiger partial charge >= 0.3 is 0 Å². The first-order valence-corrected chi connectivity index (χ1v) is 7.24. The van der Waals surface area contributed by atoms with E-state index in [1.54, 1.807) is 36.5 Å². The molecule has 2 aromatic heterocycles. The first-order valence-electron chi connectivity index (χ1n) is 6.86. The molecule has 0 saturated heterocycles. The molecule has 0 saturated carbocycles. The van der Waals surface area contributed by atoms with Crippen molar-refractivity contribution >= 4 is 28.6 Å². The summed E-state index contributed by atoms with van der Waals surface area (Å²) in [5.74, 6) is 0.314. The standard InChI is InChI=1S/C16H14ClN3O2/c1-9(2)19-15(21)10-3-4-13-12(7-10)20-16(22-13)11-5-6-18-14(17)8-11/h3-9H,1-2H3,(H,19,21). The molecule has 22 heavy (non-hydrogen) atoms. The van der Waals surface area contributed by atoms with Gasteiger partial charge < -0.3 is 9.73 Å². The summed E-state index contributed by atoms with van der Waals surface area (Å²) in [6, 6.07) is 8.69. The number of carbonyl (C=O) groups is 1. The molecule has 0 aliphatic rings. The molecule has 0 unspecified atom stereocenters. The molecule has 2 heterocycles. The van der Waals surface area contributed by atoms with Crippen molar-refractivity contribution in [1.82, 2.24) is 15.3 Å². The van der Waals surface area contributed by atoms with E-state index in [1.807, 2.05) is 13.8 Å². The molecule has 5 nitrogen and oxygen atoms in total. The molecule has 112 valence electrons. The number of nitrogens with zero attached hydrogens (tertiary/aromatic N) is 2. The summed E-state index contributed by atoms with van der Waals surface area (Å²) in [4.78, 5) is 20.4. The van der Waals surface area contributed by atoms with Crippen LogP contribution < -0.4 is 5.32 Å². The third-order valence-electron chi connectivity index (χ3n) is 3.04. The van der Waals surface area contributed by atoms with Crippen LogP contribution in [0.4, 0.5) is 0 Å². The fourth-order valence-electron chi connectivity index (χ4n) is 2.07. The Morgan fingerprint density at radius 2 is 2.09 bits per heavy atom. The van der Waals surface area contributed by atoms with Gasteiger partial charge in [0.1, 0.15) is 10.7 Å². The van der Waals surface area contributed by atoms with Gasteiger partial charge in [0.25, 0.3) is 5.91 Å². The van der Waals surface area contributed by atoms with Crippen LogP contribution in [0.1, 0.15) is 24.2 Å². The monoisotopic (exact) mass is 315 g/mol. The van der Waals surface area contributed by atoms with Crippen molar-refractivity contribution in [1.29, 1.82) is 0 Å². The summed E-state index contributed by atoms with van der Waals surface area (Å²) in [5.41, 5.74) is 2.53. The number of aromatic nitrogens is 2. The molecule has 0 spiro atoms. The van der Waals surface area contributed by atoms with E-state index in [9.17, 15) is 4.79 Å². The molecule has 3 aromatic rings. The minimum absolute atomic E-state index is 0.0787. The Kier molecular flexibility index (Phi) is 3.81. The largest absolute Gasteiger partial charge is 0.436 e. The van der Waals surface area contributed by atoms with Crippen molar-refractivity contribution in [3.05, 3.63) is 47.2 Å². The molecular formula is C16H14ClN3O2. The molecule has 0 radical (unpaired) electrons. The van der Waals surface area contributed by atoms with E-state index in [0.717, 1.165) is 5.56 Å². The van der Waals surface area contributed by atoms with E-state index in [0.29, 0.717) is 27.7 Å². The quantitative estimate of drug-likeness (QED) is 0.749. The van der Waals surface area contributed by atoms with Crippen molar-refractivity contribution in [2.45, 2.75) is 19.9 Å². The van der Waals surface area contributed by atoms with E-state index >= 15 is 0 Å². The lowest BCUT2D eigenvalue weighted by atomic mass is 10.2. The van der Waals surface area contributed by atoms with E-state index in [-0.39, 0.29) is 11.9 Å². The number of halogens is 1. The number of nitrogens with one attached hydrogen (secondary N) is 1. The van der Waals surface area contributed by atoms with Gasteiger partial charge in [-0.1, -0.05) is 11.6 Å². The molecule has 1 N–H and O–H groups in total. The van der Waals surface area contributed by atoms with Crippen LogP contribution in [0, 0.1) is 0 Å². The van der Waals surface area contributed by atoms with Crippen LogP contribution >= 0.6 is 11.6 Å². The maximum absolute atomic E-state index is 12.0. The van der Waals surface area contributed by atoms with Gasteiger partial charge in [-0.15, -0.1) is 0 Å². The van der Waals surface area contributed by atoms with Crippen molar-refractivity contribution < 1.29 is 9.21 Å². The van der Waals surface area contributed by atoms with Gasteiger partial charge in [0.15, 0.2) is 5.58 Å². The summed E-state index contributed by atoms with van der Waals surface area (Å²) in [5, 5.41) is 3.22. The third-order valence-corrected chi connectivity index (χ3v) is 3.25. The molecule has 1 aromatic carbocycles. The molecule has 0 atom stereocenters. The highest BCUT2D eigenvalue weighted by atomic mass is 35.5. The van der Waals surface area contributed by atoms with Crippen LogP contribution in [0.3, 0.4) is 0 Å².